The molecule has 4 aromatic rings. The van der Waals surface area contributed by atoms with Crippen molar-refractivity contribution in [2.75, 3.05) is 13.6 Å². The fourth-order valence-corrected chi connectivity index (χ4v) is 3.90. The third-order valence-electron chi connectivity index (χ3n) is 5.17. The molecule has 0 aliphatic carbocycles. The van der Waals surface area contributed by atoms with E-state index >= 15 is 0 Å². The molecule has 27 heavy (non-hydrogen) atoms. The first-order valence-electron chi connectivity index (χ1n) is 8.96. The number of hydrogen-bond acceptors (Lipinski definition) is 4. The topological polar surface area (TPSA) is 42.2 Å². The lowest BCUT2D eigenvalue weighted by molar-refractivity contribution is 0.282. The molecule has 1 unspecified atom stereocenters. The van der Waals surface area contributed by atoms with Gasteiger partial charge < -0.3 is 9.32 Å². The Hall–Kier alpha value is -3.05. The van der Waals surface area contributed by atoms with Crippen molar-refractivity contribution in [3.8, 4) is 11.3 Å². The van der Waals surface area contributed by atoms with Gasteiger partial charge in [-0.3, -0.25) is 0 Å². The van der Waals surface area contributed by atoms with Gasteiger partial charge in [0.1, 0.15) is 17.2 Å². The van der Waals surface area contributed by atoms with Crippen LogP contribution in [-0.2, 0) is 6.54 Å². The molecule has 5 rings (SSSR count). The predicted molar refractivity (Wildman–Crippen MR) is 102 cm³/mol. The van der Waals surface area contributed by atoms with E-state index in [1.165, 1.54) is 23.3 Å². The molecule has 0 radical (unpaired) electrons. The highest BCUT2D eigenvalue weighted by atomic mass is 19.1. The molecule has 0 saturated heterocycles. The van der Waals surface area contributed by atoms with Crippen LogP contribution in [0, 0.1) is 5.82 Å². The summed E-state index contributed by atoms with van der Waals surface area (Å²) in [5, 5.41) is 9.12. The Bertz CT molecular complexity index is 1120. The lowest BCUT2D eigenvalue weighted by Crippen LogP contribution is -2.30. The molecule has 2 aromatic carbocycles. The second-order valence-electron chi connectivity index (χ2n) is 7.10. The molecule has 3 heterocycles. The second kappa shape index (κ2) is 6.28. The molecule has 0 fully saturated rings. The van der Waals surface area contributed by atoms with Gasteiger partial charge in [-0.05, 0) is 54.6 Å². The Labute approximate surface area is 156 Å². The van der Waals surface area contributed by atoms with Gasteiger partial charge in [0.05, 0.1) is 11.6 Å². The summed E-state index contributed by atoms with van der Waals surface area (Å²) in [6.45, 7) is 1.73. The van der Waals surface area contributed by atoms with Crippen LogP contribution in [0.1, 0.15) is 22.8 Å². The van der Waals surface area contributed by atoms with Gasteiger partial charge in [0.25, 0.3) is 0 Å². The van der Waals surface area contributed by atoms with Gasteiger partial charge in [0, 0.05) is 36.3 Å². The third-order valence-corrected chi connectivity index (χ3v) is 5.17. The van der Waals surface area contributed by atoms with Crippen LogP contribution in [0.4, 0.5) is 4.39 Å². The van der Waals surface area contributed by atoms with E-state index in [1.807, 2.05) is 18.2 Å². The van der Waals surface area contributed by atoms with Crippen molar-refractivity contribution in [3.63, 3.8) is 0 Å². The van der Waals surface area contributed by atoms with E-state index in [0.717, 1.165) is 35.5 Å². The molecule has 0 saturated carbocycles. The standard InChI is InChI=1S/C22H18FN3O/c1-26-12-16-9-14(20-3-2-8-24-25-20)5-7-18(16)19(13-26)22-10-15-4-6-17(23)11-21(15)27-22/h2-11,19H,12-13H2,1H3. The number of benzene rings is 2. The smallest absolute Gasteiger partial charge is 0.137 e. The molecule has 0 amide bonds. The highest BCUT2D eigenvalue weighted by Crippen LogP contribution is 2.37. The van der Waals surface area contributed by atoms with Crippen LogP contribution in [0.3, 0.4) is 0 Å². The van der Waals surface area contributed by atoms with Crippen LogP contribution >= 0.6 is 0 Å². The summed E-state index contributed by atoms with van der Waals surface area (Å²) in [7, 11) is 2.10. The molecule has 1 atom stereocenters. The molecule has 5 heteroatoms. The Kier molecular flexibility index (Phi) is 3.76. The Morgan fingerprint density at radius 1 is 1.11 bits per heavy atom. The maximum Gasteiger partial charge on any atom is 0.137 e. The number of halogens is 1. The average Bonchev–Trinajstić information content (AvgIpc) is 3.10. The molecule has 1 aliphatic rings. The summed E-state index contributed by atoms with van der Waals surface area (Å²) in [5.74, 6) is 0.707. The largest absolute Gasteiger partial charge is 0.460 e. The maximum atomic E-state index is 13.5. The van der Waals surface area contributed by atoms with Gasteiger partial charge in [-0.2, -0.15) is 10.2 Å². The minimum absolute atomic E-state index is 0.116. The number of fused-ring (bicyclic) bond motifs is 2. The van der Waals surface area contributed by atoms with Crippen LogP contribution in [0.2, 0.25) is 0 Å². The molecule has 0 N–H and O–H groups in total. The normalized spacial score (nSPS) is 17.2. The van der Waals surface area contributed by atoms with Gasteiger partial charge in [0.2, 0.25) is 0 Å². The van der Waals surface area contributed by atoms with E-state index in [1.54, 1.807) is 12.3 Å². The summed E-state index contributed by atoms with van der Waals surface area (Å²) in [6.07, 6.45) is 1.68. The third kappa shape index (κ3) is 2.90. The number of nitrogens with zero attached hydrogens (tertiary/aromatic N) is 3. The van der Waals surface area contributed by atoms with E-state index in [-0.39, 0.29) is 11.7 Å². The first-order valence-corrected chi connectivity index (χ1v) is 8.96. The fraction of sp³-hybridized carbons (Fsp3) is 0.182. The quantitative estimate of drug-likeness (QED) is 0.524. The molecule has 2 aromatic heterocycles. The zero-order valence-electron chi connectivity index (χ0n) is 14.9. The molecule has 4 nitrogen and oxygen atoms in total. The highest BCUT2D eigenvalue weighted by Gasteiger charge is 2.28. The summed E-state index contributed by atoms with van der Waals surface area (Å²) < 4.78 is 19.5. The molecular weight excluding hydrogens is 341 g/mol. The van der Waals surface area contributed by atoms with E-state index in [4.69, 9.17) is 4.42 Å². The molecule has 0 spiro atoms. The molecular formula is C22H18FN3O. The predicted octanol–water partition coefficient (Wildman–Crippen LogP) is 4.61. The van der Waals surface area contributed by atoms with Crippen molar-refractivity contribution in [1.82, 2.24) is 15.1 Å². The molecule has 1 aliphatic heterocycles. The summed E-state index contributed by atoms with van der Waals surface area (Å²) in [6, 6.07) is 17.0. The monoisotopic (exact) mass is 359 g/mol. The average molecular weight is 359 g/mol. The second-order valence-corrected chi connectivity index (χ2v) is 7.10. The van der Waals surface area contributed by atoms with Crippen molar-refractivity contribution in [1.29, 1.82) is 0 Å². The minimum atomic E-state index is -0.279. The number of rotatable bonds is 2. The van der Waals surface area contributed by atoms with E-state index in [0.29, 0.717) is 5.58 Å². The van der Waals surface area contributed by atoms with Gasteiger partial charge >= 0.3 is 0 Å². The van der Waals surface area contributed by atoms with Crippen LogP contribution in [0.5, 0.6) is 0 Å². The lowest BCUT2D eigenvalue weighted by Gasteiger charge is -2.31. The van der Waals surface area contributed by atoms with Crippen LogP contribution in [0.25, 0.3) is 22.2 Å². The molecule has 134 valence electrons. The lowest BCUT2D eigenvalue weighted by atomic mass is 9.86. The van der Waals surface area contributed by atoms with Crippen molar-refractivity contribution in [2.45, 2.75) is 12.5 Å². The number of hydrogen-bond donors (Lipinski definition) is 0. The van der Waals surface area contributed by atoms with E-state index in [2.05, 4.69) is 40.3 Å². The SMILES string of the molecule is CN1Cc2cc(-c3cccnn3)ccc2C(c2cc3ccc(F)cc3o2)C1. The van der Waals surface area contributed by atoms with Crippen LogP contribution < -0.4 is 0 Å². The van der Waals surface area contributed by atoms with Gasteiger partial charge in [-0.15, -0.1) is 0 Å². The van der Waals surface area contributed by atoms with Gasteiger partial charge in [-0.1, -0.05) is 12.1 Å². The zero-order valence-corrected chi connectivity index (χ0v) is 14.9. The number of furan rings is 1. The highest BCUT2D eigenvalue weighted by molar-refractivity contribution is 5.78. The van der Waals surface area contributed by atoms with Crippen molar-refractivity contribution in [3.05, 3.63) is 83.5 Å². The Morgan fingerprint density at radius 2 is 2.04 bits per heavy atom. The summed E-state index contributed by atoms with van der Waals surface area (Å²) in [5.41, 5.74) is 5.02. The number of likely N-dealkylation sites (N-methyl/N-ethyl adjacent to an activating group) is 1. The fourth-order valence-electron chi connectivity index (χ4n) is 3.90. The van der Waals surface area contributed by atoms with E-state index < -0.39 is 0 Å². The van der Waals surface area contributed by atoms with Crippen molar-refractivity contribution in [2.24, 2.45) is 0 Å². The van der Waals surface area contributed by atoms with Crippen LogP contribution in [0.15, 0.2) is 65.2 Å². The van der Waals surface area contributed by atoms with Gasteiger partial charge in [0.15, 0.2) is 0 Å². The molecule has 0 bridgehead atoms. The summed E-state index contributed by atoms with van der Waals surface area (Å²) >= 11 is 0. The zero-order chi connectivity index (χ0) is 18.4. The minimum Gasteiger partial charge on any atom is -0.460 e. The maximum absolute atomic E-state index is 13.5. The van der Waals surface area contributed by atoms with Crippen LogP contribution in [-0.4, -0.2) is 28.7 Å². The van der Waals surface area contributed by atoms with Gasteiger partial charge in [-0.25, -0.2) is 4.39 Å². The number of aromatic nitrogens is 2. The van der Waals surface area contributed by atoms with Crippen molar-refractivity contribution < 1.29 is 8.81 Å². The first-order chi connectivity index (χ1) is 13.2. The Morgan fingerprint density at radius 3 is 2.89 bits per heavy atom. The summed E-state index contributed by atoms with van der Waals surface area (Å²) in [4.78, 5) is 2.28. The first kappa shape index (κ1) is 16.1. The van der Waals surface area contributed by atoms with Crippen molar-refractivity contribution >= 4 is 11.0 Å². The van der Waals surface area contributed by atoms with E-state index in [9.17, 15) is 4.39 Å². The Balaban J connectivity index is 1.59.